The van der Waals surface area contributed by atoms with Crippen molar-refractivity contribution in [2.75, 3.05) is 20.1 Å². The number of rotatable bonds is 3. The highest BCUT2D eigenvalue weighted by Gasteiger charge is 2.39. The maximum Gasteiger partial charge on any atom is 0.266 e. The summed E-state index contributed by atoms with van der Waals surface area (Å²) in [5.74, 6) is 0.119. The summed E-state index contributed by atoms with van der Waals surface area (Å²) in [6.45, 7) is 1.98. The van der Waals surface area contributed by atoms with Crippen LogP contribution in [0.3, 0.4) is 0 Å². The van der Waals surface area contributed by atoms with E-state index in [4.69, 9.17) is 0 Å². The van der Waals surface area contributed by atoms with Gasteiger partial charge < -0.3 is 9.80 Å². The largest absolute Gasteiger partial charge is 0.333 e. The fourth-order valence-corrected chi connectivity index (χ4v) is 4.75. The number of carbonyl (C=O) groups excluding carboxylic acids is 1. The molecule has 0 saturated carbocycles. The number of nitrogens with zero attached hydrogens (tertiary/aromatic N) is 6. The van der Waals surface area contributed by atoms with Crippen LogP contribution in [-0.4, -0.2) is 68.1 Å². The summed E-state index contributed by atoms with van der Waals surface area (Å²) in [5, 5.41) is 13.2. The number of amides is 1. The van der Waals surface area contributed by atoms with E-state index in [9.17, 15) is 4.79 Å². The number of hydrogen-bond donors (Lipinski definition) is 0. The van der Waals surface area contributed by atoms with Crippen LogP contribution in [0.2, 0.25) is 0 Å². The van der Waals surface area contributed by atoms with E-state index in [1.807, 2.05) is 11.4 Å². The first-order valence-electron chi connectivity index (χ1n) is 8.08. The molecule has 2 aromatic rings. The van der Waals surface area contributed by atoms with Crippen molar-refractivity contribution in [2.24, 2.45) is 0 Å². The second-order valence-corrected chi connectivity index (χ2v) is 7.20. The second kappa shape index (κ2) is 6.01. The summed E-state index contributed by atoms with van der Waals surface area (Å²) >= 11 is 1.47. The predicted octanol–water partition coefficient (Wildman–Crippen LogP) is 1.42. The lowest BCUT2D eigenvalue weighted by molar-refractivity contribution is 0.0669. The van der Waals surface area contributed by atoms with Crippen molar-refractivity contribution < 1.29 is 4.79 Å². The Morgan fingerprint density at radius 3 is 2.83 bits per heavy atom. The topological polar surface area (TPSA) is 67.2 Å². The molecule has 0 spiro atoms. The van der Waals surface area contributed by atoms with Crippen LogP contribution in [0, 0.1) is 0 Å². The van der Waals surface area contributed by atoms with Crippen LogP contribution in [0.4, 0.5) is 0 Å². The average molecular weight is 332 g/mol. The van der Waals surface area contributed by atoms with Gasteiger partial charge in [0.25, 0.3) is 5.91 Å². The molecule has 0 aromatic carbocycles. The Morgan fingerprint density at radius 2 is 2.09 bits per heavy atom. The standard InChI is InChI=1S/C15H20N6OS/c1-19-7-2-4-11(19)12-5-3-8-20(12)15(22)14-13(6-9-23-14)21-10-16-17-18-21/h6,9-12H,2-5,7-8H2,1H3. The van der Waals surface area contributed by atoms with Crippen molar-refractivity contribution in [1.82, 2.24) is 30.0 Å². The third-order valence-corrected chi connectivity index (χ3v) is 5.91. The molecule has 122 valence electrons. The highest BCUT2D eigenvalue weighted by molar-refractivity contribution is 7.12. The number of likely N-dealkylation sites (N-methyl/N-ethyl adjacent to an activating group) is 1. The molecule has 2 atom stereocenters. The minimum absolute atomic E-state index is 0.119. The Balaban J connectivity index is 1.60. The van der Waals surface area contributed by atoms with Crippen molar-refractivity contribution >= 4 is 17.2 Å². The average Bonchev–Trinajstić information content (AvgIpc) is 3.31. The maximum atomic E-state index is 13.1. The molecule has 4 rings (SSSR count). The van der Waals surface area contributed by atoms with Gasteiger partial charge in [-0.15, -0.1) is 16.4 Å². The molecule has 7 nitrogen and oxygen atoms in total. The van der Waals surface area contributed by atoms with E-state index in [0.29, 0.717) is 12.1 Å². The number of likely N-dealkylation sites (tertiary alicyclic amines) is 2. The summed E-state index contributed by atoms with van der Waals surface area (Å²) in [6, 6.07) is 2.73. The predicted molar refractivity (Wildman–Crippen MR) is 86.7 cm³/mol. The summed E-state index contributed by atoms with van der Waals surface area (Å²) < 4.78 is 1.57. The zero-order chi connectivity index (χ0) is 15.8. The molecule has 4 heterocycles. The van der Waals surface area contributed by atoms with Gasteiger partial charge in [0.1, 0.15) is 11.2 Å². The van der Waals surface area contributed by atoms with Gasteiger partial charge >= 0.3 is 0 Å². The monoisotopic (exact) mass is 332 g/mol. The van der Waals surface area contributed by atoms with E-state index < -0.39 is 0 Å². The SMILES string of the molecule is CN1CCCC1C1CCCN1C(=O)c1sccc1-n1cnnn1. The summed E-state index contributed by atoms with van der Waals surface area (Å²) in [7, 11) is 2.18. The number of hydrogen-bond acceptors (Lipinski definition) is 6. The Morgan fingerprint density at radius 1 is 1.26 bits per heavy atom. The Bertz CT molecular complexity index is 684. The molecule has 1 amide bonds. The Kier molecular flexibility index (Phi) is 3.86. The van der Waals surface area contributed by atoms with Crippen molar-refractivity contribution in [1.29, 1.82) is 0 Å². The lowest BCUT2D eigenvalue weighted by Crippen LogP contribution is -2.47. The van der Waals surface area contributed by atoms with Crippen molar-refractivity contribution in [3.63, 3.8) is 0 Å². The van der Waals surface area contributed by atoms with E-state index in [-0.39, 0.29) is 5.91 Å². The molecular weight excluding hydrogens is 312 g/mol. The molecule has 23 heavy (non-hydrogen) atoms. The third kappa shape index (κ3) is 2.55. The van der Waals surface area contributed by atoms with Gasteiger partial charge in [-0.3, -0.25) is 4.79 Å². The molecule has 2 aliphatic rings. The third-order valence-electron chi connectivity index (χ3n) is 5.02. The zero-order valence-corrected chi connectivity index (χ0v) is 13.9. The Labute approximate surface area is 138 Å². The molecule has 0 aliphatic carbocycles. The molecule has 0 bridgehead atoms. The van der Waals surface area contributed by atoms with Crippen LogP contribution in [0.1, 0.15) is 35.4 Å². The minimum Gasteiger partial charge on any atom is -0.333 e. The minimum atomic E-state index is 0.119. The summed E-state index contributed by atoms with van der Waals surface area (Å²) in [5.41, 5.74) is 0.774. The summed E-state index contributed by atoms with van der Waals surface area (Å²) in [6.07, 6.45) is 6.15. The number of tetrazole rings is 1. The second-order valence-electron chi connectivity index (χ2n) is 6.29. The Hall–Kier alpha value is -1.80. The van der Waals surface area contributed by atoms with E-state index in [1.54, 1.807) is 4.68 Å². The van der Waals surface area contributed by atoms with Gasteiger partial charge in [-0.2, -0.15) is 4.68 Å². The smallest absolute Gasteiger partial charge is 0.266 e. The first-order valence-corrected chi connectivity index (χ1v) is 8.96. The van der Waals surface area contributed by atoms with Gasteiger partial charge in [0.2, 0.25) is 0 Å². The first-order chi connectivity index (χ1) is 11.3. The first kappa shape index (κ1) is 14.8. The highest BCUT2D eigenvalue weighted by atomic mass is 32.1. The van der Waals surface area contributed by atoms with Crippen LogP contribution in [0.5, 0.6) is 0 Å². The van der Waals surface area contributed by atoms with E-state index in [2.05, 4.69) is 32.4 Å². The van der Waals surface area contributed by atoms with Crippen LogP contribution < -0.4 is 0 Å². The van der Waals surface area contributed by atoms with E-state index >= 15 is 0 Å². The van der Waals surface area contributed by atoms with Gasteiger partial charge in [-0.25, -0.2) is 0 Å². The molecule has 2 saturated heterocycles. The van der Waals surface area contributed by atoms with Crippen LogP contribution in [0.15, 0.2) is 17.8 Å². The number of aromatic nitrogens is 4. The van der Waals surface area contributed by atoms with Gasteiger partial charge in [0.15, 0.2) is 0 Å². The fourth-order valence-electron chi connectivity index (χ4n) is 3.91. The molecular formula is C15H20N6OS. The zero-order valence-electron chi connectivity index (χ0n) is 13.1. The van der Waals surface area contributed by atoms with Gasteiger partial charge in [0, 0.05) is 18.6 Å². The quantitative estimate of drug-likeness (QED) is 0.850. The van der Waals surface area contributed by atoms with Crippen LogP contribution in [0.25, 0.3) is 5.69 Å². The molecule has 0 N–H and O–H groups in total. The van der Waals surface area contributed by atoms with Crippen molar-refractivity contribution in [3.05, 3.63) is 22.7 Å². The van der Waals surface area contributed by atoms with Crippen molar-refractivity contribution in [3.8, 4) is 5.69 Å². The number of thiophene rings is 1. The number of carbonyl (C=O) groups is 1. The lowest BCUT2D eigenvalue weighted by Gasteiger charge is -2.33. The lowest BCUT2D eigenvalue weighted by atomic mass is 10.0. The summed E-state index contributed by atoms with van der Waals surface area (Å²) in [4.78, 5) is 18.3. The van der Waals surface area contributed by atoms with Gasteiger partial charge in [-0.05, 0) is 61.1 Å². The molecule has 2 fully saturated rings. The molecule has 2 aromatic heterocycles. The molecule has 8 heteroatoms. The van der Waals surface area contributed by atoms with Crippen molar-refractivity contribution in [2.45, 2.75) is 37.8 Å². The molecule has 0 radical (unpaired) electrons. The van der Waals surface area contributed by atoms with E-state index in [0.717, 1.165) is 36.5 Å². The molecule has 2 unspecified atom stereocenters. The molecule has 2 aliphatic heterocycles. The van der Waals surface area contributed by atoms with Crippen LogP contribution in [-0.2, 0) is 0 Å². The van der Waals surface area contributed by atoms with Gasteiger partial charge in [-0.1, -0.05) is 0 Å². The highest BCUT2D eigenvalue weighted by Crippen LogP contribution is 2.32. The van der Waals surface area contributed by atoms with Gasteiger partial charge in [0.05, 0.1) is 5.69 Å². The maximum absolute atomic E-state index is 13.1. The van der Waals surface area contributed by atoms with E-state index in [1.165, 1.54) is 30.5 Å². The normalized spacial score (nSPS) is 25.3. The van der Waals surface area contributed by atoms with Crippen LogP contribution >= 0.6 is 11.3 Å². The fraction of sp³-hybridized carbons (Fsp3) is 0.600.